The van der Waals surface area contributed by atoms with Gasteiger partial charge in [-0.2, -0.15) is 0 Å². The van der Waals surface area contributed by atoms with Crippen molar-refractivity contribution in [1.82, 2.24) is 15.1 Å². The molecule has 3 N–H and O–H groups in total. The van der Waals surface area contributed by atoms with Crippen molar-refractivity contribution in [2.45, 2.75) is 44.8 Å². The van der Waals surface area contributed by atoms with Crippen LogP contribution in [0.25, 0.3) is 0 Å². The predicted molar refractivity (Wildman–Crippen MR) is 124 cm³/mol. The van der Waals surface area contributed by atoms with E-state index in [1.165, 1.54) is 12.1 Å². The Morgan fingerprint density at radius 1 is 1.09 bits per heavy atom. The number of benzene rings is 2. The first-order valence-electron chi connectivity index (χ1n) is 10.8. The number of carbonyl (C=O) groups is 2. The molecular formula is C24H30ClFN4O2. The molecule has 2 aromatic rings. The molecule has 1 heterocycles. The number of halogens is 2. The Kier molecular flexibility index (Phi) is 8.10. The second-order valence-electron chi connectivity index (χ2n) is 8.50. The fourth-order valence-corrected chi connectivity index (χ4v) is 4.31. The highest BCUT2D eigenvalue weighted by Gasteiger charge is 2.33. The van der Waals surface area contributed by atoms with Crippen molar-refractivity contribution >= 4 is 23.5 Å². The maximum atomic E-state index is 13.2. The molecule has 1 aliphatic rings. The average Bonchev–Trinajstić information content (AvgIpc) is 2.75. The Morgan fingerprint density at radius 2 is 1.75 bits per heavy atom. The highest BCUT2D eigenvalue weighted by atomic mass is 35.5. The van der Waals surface area contributed by atoms with Gasteiger partial charge in [-0.3, -0.25) is 9.69 Å². The summed E-state index contributed by atoms with van der Waals surface area (Å²) in [5.74, 6) is -0.407. The molecule has 3 atom stereocenters. The van der Waals surface area contributed by atoms with Gasteiger partial charge in [0, 0.05) is 55.6 Å². The minimum atomic E-state index is -0.618. The van der Waals surface area contributed by atoms with Crippen LogP contribution in [0.3, 0.4) is 0 Å². The molecule has 3 rings (SSSR count). The number of nitrogens with one attached hydrogen (secondary N) is 1. The van der Waals surface area contributed by atoms with Gasteiger partial charge < -0.3 is 16.0 Å². The van der Waals surface area contributed by atoms with E-state index in [-0.39, 0.29) is 42.7 Å². The van der Waals surface area contributed by atoms with E-state index in [0.29, 0.717) is 18.1 Å². The van der Waals surface area contributed by atoms with Crippen LogP contribution < -0.4 is 11.1 Å². The number of nitrogens with zero attached hydrogens (tertiary/aromatic N) is 2. The lowest BCUT2D eigenvalue weighted by molar-refractivity contribution is -0.137. The standard InChI is InChI=1S/C24H30ClFN4O2/c1-16-14-30(17(2)13-29(16)15-18-3-9-22(26)10-4-18)23(31)11-20(12-28-24(27)32)19-5-7-21(25)8-6-19/h3-10,16-17,20H,11-15H2,1-2H3,(H3,27,28,32). The molecule has 1 saturated heterocycles. The molecule has 2 aromatic carbocycles. The molecule has 0 bridgehead atoms. The molecule has 0 spiro atoms. The van der Waals surface area contributed by atoms with Gasteiger partial charge in [-0.15, -0.1) is 0 Å². The molecule has 32 heavy (non-hydrogen) atoms. The minimum Gasteiger partial charge on any atom is -0.352 e. The third-order valence-electron chi connectivity index (χ3n) is 6.02. The number of urea groups is 1. The molecule has 1 aliphatic heterocycles. The first-order chi connectivity index (χ1) is 15.2. The van der Waals surface area contributed by atoms with E-state index in [9.17, 15) is 14.0 Å². The lowest BCUT2D eigenvalue weighted by Gasteiger charge is -2.44. The van der Waals surface area contributed by atoms with Crippen molar-refractivity contribution in [1.29, 1.82) is 0 Å². The molecule has 0 aromatic heterocycles. The summed E-state index contributed by atoms with van der Waals surface area (Å²) in [5.41, 5.74) is 7.22. The fraction of sp³-hybridized carbons (Fsp3) is 0.417. The Hall–Kier alpha value is -2.64. The van der Waals surface area contributed by atoms with Gasteiger partial charge in [0.25, 0.3) is 0 Å². The first-order valence-corrected chi connectivity index (χ1v) is 11.2. The summed E-state index contributed by atoms with van der Waals surface area (Å²) in [6.07, 6.45) is 0.261. The van der Waals surface area contributed by atoms with Crippen LogP contribution in [0.4, 0.5) is 9.18 Å². The summed E-state index contributed by atoms with van der Waals surface area (Å²) in [7, 11) is 0. The third kappa shape index (κ3) is 6.43. The van der Waals surface area contributed by atoms with Gasteiger partial charge in [-0.05, 0) is 49.2 Å². The highest BCUT2D eigenvalue weighted by molar-refractivity contribution is 6.30. The fourth-order valence-electron chi connectivity index (χ4n) is 4.18. The molecule has 3 amide bonds. The predicted octanol–water partition coefficient (Wildman–Crippen LogP) is 3.74. The van der Waals surface area contributed by atoms with Crippen LogP contribution in [-0.4, -0.2) is 53.5 Å². The van der Waals surface area contributed by atoms with Gasteiger partial charge in [-0.1, -0.05) is 35.9 Å². The van der Waals surface area contributed by atoms with E-state index in [1.807, 2.05) is 24.0 Å². The summed E-state index contributed by atoms with van der Waals surface area (Å²) in [4.78, 5) is 28.7. The van der Waals surface area contributed by atoms with Gasteiger partial charge >= 0.3 is 6.03 Å². The van der Waals surface area contributed by atoms with Crippen LogP contribution >= 0.6 is 11.6 Å². The first kappa shape index (κ1) is 24.0. The van der Waals surface area contributed by atoms with Crippen LogP contribution in [0.1, 0.15) is 37.3 Å². The number of rotatable bonds is 7. The Balaban J connectivity index is 1.65. The monoisotopic (exact) mass is 460 g/mol. The summed E-state index contributed by atoms with van der Waals surface area (Å²) in [5, 5.41) is 3.24. The number of hydrogen-bond donors (Lipinski definition) is 2. The maximum absolute atomic E-state index is 13.2. The van der Waals surface area contributed by atoms with Crippen LogP contribution in [0.15, 0.2) is 48.5 Å². The molecule has 6 nitrogen and oxygen atoms in total. The molecule has 172 valence electrons. The average molecular weight is 461 g/mol. The number of amides is 3. The molecular weight excluding hydrogens is 431 g/mol. The van der Waals surface area contributed by atoms with Gasteiger partial charge in [-0.25, -0.2) is 9.18 Å². The van der Waals surface area contributed by atoms with Gasteiger partial charge in [0.1, 0.15) is 5.82 Å². The summed E-state index contributed by atoms with van der Waals surface area (Å²) in [6, 6.07) is 13.4. The normalized spacial score (nSPS) is 20.1. The van der Waals surface area contributed by atoms with Crippen molar-refractivity contribution in [2.75, 3.05) is 19.6 Å². The topological polar surface area (TPSA) is 78.7 Å². The van der Waals surface area contributed by atoms with E-state index in [4.69, 9.17) is 17.3 Å². The highest BCUT2D eigenvalue weighted by Crippen LogP contribution is 2.25. The Bertz CT molecular complexity index is 923. The molecule has 0 aliphatic carbocycles. The van der Waals surface area contributed by atoms with Crippen LogP contribution in [0, 0.1) is 5.82 Å². The van der Waals surface area contributed by atoms with E-state index in [2.05, 4.69) is 17.1 Å². The second-order valence-corrected chi connectivity index (χ2v) is 8.93. The van der Waals surface area contributed by atoms with E-state index < -0.39 is 6.03 Å². The molecule has 3 unspecified atom stereocenters. The van der Waals surface area contributed by atoms with Crippen molar-refractivity contribution < 1.29 is 14.0 Å². The zero-order valence-electron chi connectivity index (χ0n) is 18.4. The minimum absolute atomic E-state index is 0.0362. The summed E-state index contributed by atoms with van der Waals surface area (Å²) in [6.45, 7) is 6.47. The van der Waals surface area contributed by atoms with Crippen LogP contribution in [-0.2, 0) is 11.3 Å². The Labute approximate surface area is 193 Å². The maximum Gasteiger partial charge on any atom is 0.312 e. The number of piperazine rings is 1. The van der Waals surface area contributed by atoms with Gasteiger partial charge in [0.2, 0.25) is 5.91 Å². The number of primary amides is 1. The number of carbonyl (C=O) groups excluding carboxylic acids is 2. The van der Waals surface area contributed by atoms with Crippen molar-refractivity contribution in [3.8, 4) is 0 Å². The van der Waals surface area contributed by atoms with E-state index in [1.54, 1.807) is 24.3 Å². The van der Waals surface area contributed by atoms with E-state index >= 15 is 0 Å². The lowest BCUT2D eigenvalue weighted by Crippen LogP contribution is -2.57. The van der Waals surface area contributed by atoms with Crippen LogP contribution in [0.5, 0.6) is 0 Å². The molecule has 8 heteroatoms. The Morgan fingerprint density at radius 3 is 2.38 bits per heavy atom. The third-order valence-corrected chi connectivity index (χ3v) is 6.27. The number of nitrogens with two attached hydrogens (primary N) is 1. The lowest BCUT2D eigenvalue weighted by atomic mass is 9.94. The van der Waals surface area contributed by atoms with Crippen molar-refractivity contribution in [2.24, 2.45) is 5.73 Å². The quantitative estimate of drug-likeness (QED) is 0.660. The summed E-state index contributed by atoms with van der Waals surface area (Å²) < 4.78 is 13.2. The smallest absolute Gasteiger partial charge is 0.312 e. The van der Waals surface area contributed by atoms with Gasteiger partial charge in [0.15, 0.2) is 0 Å². The van der Waals surface area contributed by atoms with Gasteiger partial charge in [0.05, 0.1) is 0 Å². The number of hydrogen-bond acceptors (Lipinski definition) is 3. The molecule has 0 saturated carbocycles. The zero-order valence-corrected chi connectivity index (χ0v) is 19.2. The SMILES string of the molecule is CC1CN(C(=O)CC(CNC(N)=O)c2ccc(Cl)cc2)C(C)CN1Cc1ccc(F)cc1. The van der Waals surface area contributed by atoms with Crippen molar-refractivity contribution in [3.05, 3.63) is 70.5 Å². The van der Waals surface area contributed by atoms with Crippen molar-refractivity contribution in [3.63, 3.8) is 0 Å². The second kappa shape index (κ2) is 10.8. The molecule has 0 radical (unpaired) electrons. The zero-order chi connectivity index (χ0) is 23.3. The van der Waals surface area contributed by atoms with E-state index in [0.717, 1.165) is 17.7 Å². The largest absolute Gasteiger partial charge is 0.352 e. The van der Waals surface area contributed by atoms with Crippen LogP contribution in [0.2, 0.25) is 5.02 Å². The molecule has 1 fully saturated rings. The summed E-state index contributed by atoms with van der Waals surface area (Å²) >= 11 is 6.00.